The predicted octanol–water partition coefficient (Wildman–Crippen LogP) is 1.08. The van der Waals surface area contributed by atoms with Crippen LogP contribution < -0.4 is 4.90 Å². The number of morpholine rings is 1. The van der Waals surface area contributed by atoms with Crippen molar-refractivity contribution in [1.29, 1.82) is 0 Å². The number of aromatic nitrogens is 3. The molecule has 1 N–H and O–H groups in total. The maximum Gasteiger partial charge on any atom is 0.358 e. The Bertz CT molecular complexity index is 690. The summed E-state index contributed by atoms with van der Waals surface area (Å²) < 4.78 is 34.7. The molecule has 0 aliphatic carbocycles. The fourth-order valence-electron chi connectivity index (χ4n) is 2.26. The fourth-order valence-corrected chi connectivity index (χ4v) is 2.26. The maximum absolute atomic E-state index is 14.2. The lowest BCUT2D eigenvalue weighted by atomic mass is 10.2. The minimum atomic E-state index is -1.27. The second kappa shape index (κ2) is 5.68. The van der Waals surface area contributed by atoms with Crippen LogP contribution in [0.25, 0.3) is 5.69 Å². The van der Waals surface area contributed by atoms with Crippen molar-refractivity contribution in [3.05, 3.63) is 35.7 Å². The van der Waals surface area contributed by atoms with Crippen LogP contribution in [0.15, 0.2) is 18.3 Å². The maximum atomic E-state index is 14.2. The number of rotatable bonds is 3. The number of carbonyl (C=O) groups is 1. The smallest absolute Gasteiger partial charge is 0.358 e. The molecule has 1 fully saturated rings. The summed E-state index contributed by atoms with van der Waals surface area (Å²) in [6, 6.07) is 2.18. The van der Waals surface area contributed by atoms with Crippen molar-refractivity contribution >= 4 is 11.7 Å². The lowest BCUT2D eigenvalue weighted by molar-refractivity contribution is 0.0690. The van der Waals surface area contributed by atoms with E-state index in [9.17, 15) is 13.6 Å². The Morgan fingerprint density at radius 2 is 1.86 bits per heavy atom. The van der Waals surface area contributed by atoms with Crippen LogP contribution in [-0.4, -0.2) is 52.4 Å². The molecule has 9 heteroatoms. The van der Waals surface area contributed by atoms with Gasteiger partial charge in [0.2, 0.25) is 0 Å². The molecular weight excluding hydrogens is 298 g/mol. The van der Waals surface area contributed by atoms with Gasteiger partial charge in [0.1, 0.15) is 5.69 Å². The quantitative estimate of drug-likeness (QED) is 0.914. The predicted molar refractivity (Wildman–Crippen MR) is 71.3 cm³/mol. The molecule has 0 unspecified atom stereocenters. The van der Waals surface area contributed by atoms with Gasteiger partial charge in [-0.05, 0) is 0 Å². The largest absolute Gasteiger partial charge is 0.476 e. The van der Waals surface area contributed by atoms with E-state index >= 15 is 0 Å². The van der Waals surface area contributed by atoms with Crippen LogP contribution in [-0.2, 0) is 4.74 Å². The molecule has 1 saturated heterocycles. The van der Waals surface area contributed by atoms with Crippen LogP contribution in [0.2, 0.25) is 0 Å². The van der Waals surface area contributed by atoms with E-state index in [1.807, 2.05) is 0 Å². The highest BCUT2D eigenvalue weighted by Crippen LogP contribution is 2.27. The molecule has 0 spiro atoms. The summed E-state index contributed by atoms with van der Waals surface area (Å²) in [5.74, 6) is -2.76. The lowest BCUT2D eigenvalue weighted by Crippen LogP contribution is -2.37. The Morgan fingerprint density at radius 1 is 1.23 bits per heavy atom. The average molecular weight is 310 g/mol. The molecule has 2 aromatic rings. The first kappa shape index (κ1) is 14.4. The van der Waals surface area contributed by atoms with Crippen LogP contribution in [0.3, 0.4) is 0 Å². The molecule has 116 valence electrons. The van der Waals surface area contributed by atoms with Crippen molar-refractivity contribution in [1.82, 2.24) is 15.0 Å². The van der Waals surface area contributed by atoms with Crippen LogP contribution >= 0.6 is 0 Å². The van der Waals surface area contributed by atoms with Gasteiger partial charge in [-0.3, -0.25) is 0 Å². The van der Waals surface area contributed by atoms with Gasteiger partial charge in [0.15, 0.2) is 17.3 Å². The molecule has 0 saturated carbocycles. The molecular formula is C13H12F2N4O3. The third-order valence-electron chi connectivity index (χ3n) is 3.31. The van der Waals surface area contributed by atoms with Gasteiger partial charge < -0.3 is 14.7 Å². The van der Waals surface area contributed by atoms with E-state index in [0.717, 1.165) is 23.0 Å². The number of hydrogen-bond acceptors (Lipinski definition) is 5. The van der Waals surface area contributed by atoms with Crippen molar-refractivity contribution in [2.45, 2.75) is 0 Å². The van der Waals surface area contributed by atoms with Gasteiger partial charge in [0.25, 0.3) is 0 Å². The first-order chi connectivity index (χ1) is 10.6. The van der Waals surface area contributed by atoms with E-state index in [4.69, 9.17) is 9.84 Å². The van der Waals surface area contributed by atoms with E-state index in [2.05, 4.69) is 10.3 Å². The van der Waals surface area contributed by atoms with Crippen molar-refractivity contribution in [2.24, 2.45) is 0 Å². The molecule has 0 atom stereocenters. The van der Waals surface area contributed by atoms with Crippen LogP contribution in [0.1, 0.15) is 10.5 Å². The zero-order valence-electron chi connectivity index (χ0n) is 11.4. The molecule has 7 nitrogen and oxygen atoms in total. The summed E-state index contributed by atoms with van der Waals surface area (Å²) >= 11 is 0. The van der Waals surface area contributed by atoms with Gasteiger partial charge in [0.05, 0.1) is 25.1 Å². The molecule has 1 aromatic carbocycles. The number of carboxylic acid groups (broad SMARTS) is 1. The molecule has 1 aliphatic heterocycles. The molecule has 0 radical (unpaired) electrons. The molecule has 0 bridgehead atoms. The average Bonchev–Trinajstić information content (AvgIpc) is 2.97. The van der Waals surface area contributed by atoms with E-state index < -0.39 is 17.6 Å². The second-order valence-corrected chi connectivity index (χ2v) is 4.71. The van der Waals surface area contributed by atoms with E-state index in [1.54, 1.807) is 4.90 Å². The number of benzene rings is 1. The Balaban J connectivity index is 1.95. The molecule has 2 heterocycles. The fraction of sp³-hybridized carbons (Fsp3) is 0.308. The third-order valence-corrected chi connectivity index (χ3v) is 3.31. The molecule has 3 rings (SSSR count). The van der Waals surface area contributed by atoms with Crippen LogP contribution in [0.5, 0.6) is 0 Å². The van der Waals surface area contributed by atoms with Gasteiger partial charge in [0, 0.05) is 25.2 Å². The molecule has 22 heavy (non-hydrogen) atoms. The van der Waals surface area contributed by atoms with Crippen molar-refractivity contribution in [2.75, 3.05) is 31.2 Å². The summed E-state index contributed by atoms with van der Waals surface area (Å²) in [7, 11) is 0. The van der Waals surface area contributed by atoms with Crippen LogP contribution in [0.4, 0.5) is 14.5 Å². The van der Waals surface area contributed by atoms with Crippen molar-refractivity contribution < 1.29 is 23.4 Å². The van der Waals surface area contributed by atoms with Gasteiger partial charge in [-0.1, -0.05) is 5.21 Å². The second-order valence-electron chi connectivity index (χ2n) is 4.71. The third kappa shape index (κ3) is 2.62. The Labute approximate surface area is 123 Å². The highest BCUT2D eigenvalue weighted by atomic mass is 19.1. The number of ether oxygens (including phenoxy) is 1. The molecule has 1 aromatic heterocycles. The van der Waals surface area contributed by atoms with Gasteiger partial charge in [-0.25, -0.2) is 18.3 Å². The van der Waals surface area contributed by atoms with E-state index in [1.165, 1.54) is 0 Å². The SMILES string of the molecule is O=C(O)c1cn(-c2cc(F)c(N3CCOCC3)c(F)c2)nn1. The van der Waals surface area contributed by atoms with Crippen LogP contribution in [0, 0.1) is 11.6 Å². The normalized spacial score (nSPS) is 15.1. The summed E-state index contributed by atoms with van der Waals surface area (Å²) in [5, 5.41) is 15.7. The van der Waals surface area contributed by atoms with Gasteiger partial charge in [-0.15, -0.1) is 5.10 Å². The minimum absolute atomic E-state index is 0.0620. The van der Waals surface area contributed by atoms with Gasteiger partial charge in [-0.2, -0.15) is 0 Å². The molecule has 1 aliphatic rings. The standard InChI is InChI=1S/C13H12F2N4O3/c14-9-5-8(19-7-11(13(20)21)16-17-19)6-10(15)12(9)18-1-3-22-4-2-18/h5-7H,1-4H2,(H,20,21). The zero-order chi connectivity index (χ0) is 15.7. The summed E-state index contributed by atoms with van der Waals surface area (Å²) in [6.45, 7) is 1.62. The monoisotopic (exact) mass is 310 g/mol. The number of hydrogen-bond donors (Lipinski definition) is 1. The molecule has 0 amide bonds. The number of carboxylic acids is 1. The number of halogens is 2. The lowest BCUT2D eigenvalue weighted by Gasteiger charge is -2.29. The number of aromatic carboxylic acids is 1. The van der Waals surface area contributed by atoms with E-state index in [-0.39, 0.29) is 17.1 Å². The van der Waals surface area contributed by atoms with Crippen molar-refractivity contribution in [3.8, 4) is 5.69 Å². The van der Waals surface area contributed by atoms with Gasteiger partial charge >= 0.3 is 5.97 Å². The minimum Gasteiger partial charge on any atom is -0.476 e. The number of nitrogens with zero attached hydrogens (tertiary/aromatic N) is 4. The zero-order valence-corrected chi connectivity index (χ0v) is 11.4. The first-order valence-corrected chi connectivity index (χ1v) is 6.54. The highest BCUT2D eigenvalue weighted by Gasteiger charge is 2.21. The van der Waals surface area contributed by atoms with E-state index in [0.29, 0.717) is 26.3 Å². The Morgan fingerprint density at radius 3 is 2.41 bits per heavy atom. The number of anilines is 1. The summed E-state index contributed by atoms with van der Waals surface area (Å²) in [5.41, 5.74) is -0.365. The topological polar surface area (TPSA) is 80.5 Å². The summed E-state index contributed by atoms with van der Waals surface area (Å²) in [4.78, 5) is 12.3. The summed E-state index contributed by atoms with van der Waals surface area (Å²) in [6.07, 6.45) is 1.09. The Kier molecular flexibility index (Phi) is 3.72. The first-order valence-electron chi connectivity index (χ1n) is 6.54. The van der Waals surface area contributed by atoms with Crippen molar-refractivity contribution in [3.63, 3.8) is 0 Å². The Hall–Kier alpha value is -2.55. The highest BCUT2D eigenvalue weighted by molar-refractivity contribution is 5.84.